The van der Waals surface area contributed by atoms with Crippen molar-refractivity contribution in [2.45, 2.75) is 39.5 Å². The third-order valence-electron chi connectivity index (χ3n) is 3.06. The van der Waals surface area contributed by atoms with Crippen molar-refractivity contribution in [3.8, 4) is 0 Å². The average Bonchev–Trinajstić information content (AvgIpc) is 2.33. The second-order valence-corrected chi connectivity index (χ2v) is 4.37. The Labute approximate surface area is 101 Å². The molecule has 0 saturated carbocycles. The van der Waals surface area contributed by atoms with Gasteiger partial charge in [-0.3, -0.25) is 9.20 Å². The van der Waals surface area contributed by atoms with E-state index in [-0.39, 0.29) is 5.56 Å². The molecule has 3 nitrogen and oxygen atoms in total. The minimum atomic E-state index is 0.0872. The maximum Gasteiger partial charge on any atom is 0.261 e. The number of aryl methyl sites for hydroxylation is 1. The van der Waals surface area contributed by atoms with Crippen LogP contribution in [-0.2, 0) is 6.42 Å². The van der Waals surface area contributed by atoms with Gasteiger partial charge in [0.05, 0.1) is 0 Å². The lowest BCUT2D eigenvalue weighted by atomic mass is 10.1. The molecule has 0 aliphatic rings. The number of rotatable bonds is 4. The molecule has 0 fully saturated rings. The predicted octanol–water partition coefficient (Wildman–Crippen LogP) is 2.74. The zero-order chi connectivity index (χ0) is 12.3. The van der Waals surface area contributed by atoms with Gasteiger partial charge < -0.3 is 0 Å². The van der Waals surface area contributed by atoms with Gasteiger partial charge in [0.1, 0.15) is 5.65 Å². The Morgan fingerprint density at radius 2 is 2.12 bits per heavy atom. The quantitative estimate of drug-likeness (QED) is 0.757. The Hall–Kier alpha value is -1.64. The van der Waals surface area contributed by atoms with Crippen LogP contribution >= 0.6 is 0 Å². The molecule has 0 saturated heterocycles. The van der Waals surface area contributed by atoms with Crippen LogP contribution in [0.2, 0.25) is 0 Å². The Morgan fingerprint density at radius 1 is 1.29 bits per heavy atom. The SMILES string of the molecule is CCCCCc1c(C)nc2ccccn2c1=O. The summed E-state index contributed by atoms with van der Waals surface area (Å²) in [5.41, 5.74) is 2.55. The van der Waals surface area contributed by atoms with Gasteiger partial charge in [-0.15, -0.1) is 0 Å². The molecule has 0 radical (unpaired) electrons. The predicted molar refractivity (Wildman–Crippen MR) is 69.4 cm³/mol. The number of hydrogen-bond acceptors (Lipinski definition) is 2. The van der Waals surface area contributed by atoms with Gasteiger partial charge in [-0.25, -0.2) is 4.98 Å². The van der Waals surface area contributed by atoms with Gasteiger partial charge in [0.15, 0.2) is 0 Å². The second kappa shape index (κ2) is 5.13. The number of unbranched alkanes of at least 4 members (excludes halogenated alkanes) is 2. The van der Waals surface area contributed by atoms with Crippen LogP contribution in [0.15, 0.2) is 29.2 Å². The van der Waals surface area contributed by atoms with Crippen molar-refractivity contribution in [1.29, 1.82) is 0 Å². The lowest BCUT2D eigenvalue weighted by Gasteiger charge is -2.07. The summed E-state index contributed by atoms with van der Waals surface area (Å²) in [5.74, 6) is 0. The van der Waals surface area contributed by atoms with E-state index in [2.05, 4.69) is 11.9 Å². The number of pyridine rings is 1. The Bertz CT molecular complexity index is 572. The number of nitrogens with zero attached hydrogens (tertiary/aromatic N) is 2. The summed E-state index contributed by atoms with van der Waals surface area (Å²) < 4.78 is 1.63. The second-order valence-electron chi connectivity index (χ2n) is 4.37. The van der Waals surface area contributed by atoms with Crippen molar-refractivity contribution in [2.75, 3.05) is 0 Å². The standard InChI is InChI=1S/C14H18N2O/c1-3-4-5-8-12-11(2)15-13-9-6-7-10-16(13)14(12)17/h6-7,9-10H,3-5,8H2,1-2H3. The molecule has 0 atom stereocenters. The van der Waals surface area contributed by atoms with Gasteiger partial charge >= 0.3 is 0 Å². The van der Waals surface area contributed by atoms with Gasteiger partial charge in [0, 0.05) is 17.5 Å². The van der Waals surface area contributed by atoms with E-state index in [1.54, 1.807) is 10.6 Å². The Balaban J connectivity index is 2.45. The molecule has 3 heteroatoms. The van der Waals surface area contributed by atoms with Crippen LogP contribution < -0.4 is 5.56 Å². The smallest absolute Gasteiger partial charge is 0.261 e. The fourth-order valence-electron chi connectivity index (χ4n) is 2.08. The Morgan fingerprint density at radius 3 is 2.88 bits per heavy atom. The van der Waals surface area contributed by atoms with Crippen LogP contribution in [0.25, 0.3) is 5.65 Å². The Kier molecular flexibility index (Phi) is 3.57. The molecule has 0 spiro atoms. The van der Waals surface area contributed by atoms with Gasteiger partial charge in [-0.2, -0.15) is 0 Å². The van der Waals surface area contributed by atoms with Gasteiger partial charge in [-0.05, 0) is 31.9 Å². The highest BCUT2D eigenvalue weighted by molar-refractivity contribution is 5.40. The third-order valence-corrected chi connectivity index (χ3v) is 3.06. The van der Waals surface area contributed by atoms with Crippen LogP contribution in [0.1, 0.15) is 37.4 Å². The van der Waals surface area contributed by atoms with Crippen LogP contribution in [0, 0.1) is 6.92 Å². The van der Waals surface area contributed by atoms with E-state index in [0.717, 1.165) is 36.2 Å². The van der Waals surface area contributed by atoms with E-state index in [4.69, 9.17) is 0 Å². The minimum absolute atomic E-state index is 0.0872. The molecule has 0 aliphatic heterocycles. The zero-order valence-corrected chi connectivity index (χ0v) is 10.4. The summed E-state index contributed by atoms with van der Waals surface area (Å²) in [6.45, 7) is 4.09. The zero-order valence-electron chi connectivity index (χ0n) is 10.4. The summed E-state index contributed by atoms with van der Waals surface area (Å²) in [4.78, 5) is 16.7. The lowest BCUT2D eigenvalue weighted by Crippen LogP contribution is -2.21. The van der Waals surface area contributed by atoms with E-state index in [1.807, 2.05) is 25.1 Å². The molecule has 2 heterocycles. The molecule has 2 aromatic rings. The van der Waals surface area contributed by atoms with Crippen LogP contribution in [0.4, 0.5) is 0 Å². The molecule has 0 aromatic carbocycles. The molecular weight excluding hydrogens is 212 g/mol. The van der Waals surface area contributed by atoms with Crippen molar-refractivity contribution < 1.29 is 0 Å². The van der Waals surface area contributed by atoms with Gasteiger partial charge in [-0.1, -0.05) is 25.8 Å². The minimum Gasteiger partial charge on any atom is -0.269 e. The number of hydrogen-bond donors (Lipinski definition) is 0. The lowest BCUT2D eigenvalue weighted by molar-refractivity contribution is 0.706. The molecule has 0 unspecified atom stereocenters. The summed E-state index contributed by atoms with van der Waals surface area (Å²) in [6, 6.07) is 5.63. The summed E-state index contributed by atoms with van der Waals surface area (Å²) in [7, 11) is 0. The normalized spacial score (nSPS) is 10.9. The van der Waals surface area contributed by atoms with Crippen molar-refractivity contribution in [2.24, 2.45) is 0 Å². The van der Waals surface area contributed by atoms with E-state index in [9.17, 15) is 4.79 Å². The molecule has 17 heavy (non-hydrogen) atoms. The topological polar surface area (TPSA) is 34.4 Å². The highest BCUT2D eigenvalue weighted by Crippen LogP contribution is 2.07. The van der Waals surface area contributed by atoms with Gasteiger partial charge in [0.25, 0.3) is 5.56 Å². The molecule has 0 bridgehead atoms. The summed E-state index contributed by atoms with van der Waals surface area (Å²) >= 11 is 0. The van der Waals surface area contributed by atoms with E-state index in [1.165, 1.54) is 6.42 Å². The molecule has 0 amide bonds. The molecule has 2 aromatic heterocycles. The molecular formula is C14H18N2O. The number of fused-ring (bicyclic) bond motifs is 1. The maximum atomic E-state index is 12.3. The van der Waals surface area contributed by atoms with Crippen LogP contribution in [0.3, 0.4) is 0 Å². The van der Waals surface area contributed by atoms with Crippen molar-refractivity contribution in [1.82, 2.24) is 9.38 Å². The number of aromatic nitrogens is 2. The van der Waals surface area contributed by atoms with Crippen LogP contribution in [-0.4, -0.2) is 9.38 Å². The summed E-state index contributed by atoms with van der Waals surface area (Å²) in [5, 5.41) is 0. The largest absolute Gasteiger partial charge is 0.269 e. The molecule has 0 N–H and O–H groups in total. The van der Waals surface area contributed by atoms with E-state index in [0.29, 0.717) is 0 Å². The van der Waals surface area contributed by atoms with Crippen molar-refractivity contribution in [3.05, 3.63) is 46.0 Å². The first-order chi connectivity index (χ1) is 8.24. The highest BCUT2D eigenvalue weighted by atomic mass is 16.1. The fourth-order valence-corrected chi connectivity index (χ4v) is 2.08. The van der Waals surface area contributed by atoms with E-state index >= 15 is 0 Å². The third kappa shape index (κ3) is 2.38. The first kappa shape index (κ1) is 11.8. The highest BCUT2D eigenvalue weighted by Gasteiger charge is 2.08. The van der Waals surface area contributed by atoms with Gasteiger partial charge in [0.2, 0.25) is 0 Å². The van der Waals surface area contributed by atoms with Crippen LogP contribution in [0.5, 0.6) is 0 Å². The monoisotopic (exact) mass is 230 g/mol. The maximum absolute atomic E-state index is 12.3. The first-order valence-corrected chi connectivity index (χ1v) is 6.21. The molecule has 0 aliphatic carbocycles. The van der Waals surface area contributed by atoms with Crippen molar-refractivity contribution >= 4 is 5.65 Å². The summed E-state index contributed by atoms with van der Waals surface area (Å²) in [6.07, 6.45) is 6.02. The fraction of sp³-hybridized carbons (Fsp3) is 0.429. The molecule has 90 valence electrons. The van der Waals surface area contributed by atoms with Crippen molar-refractivity contribution in [3.63, 3.8) is 0 Å². The van der Waals surface area contributed by atoms with E-state index < -0.39 is 0 Å². The molecule has 2 rings (SSSR count). The first-order valence-electron chi connectivity index (χ1n) is 6.21. The average molecular weight is 230 g/mol.